The maximum atomic E-state index is 12.2. The average Bonchev–Trinajstić information content (AvgIpc) is 2.88. The van der Waals surface area contributed by atoms with Crippen molar-refractivity contribution in [2.75, 3.05) is 7.11 Å². The van der Waals surface area contributed by atoms with Crippen LogP contribution < -0.4 is 10.5 Å². The highest BCUT2D eigenvalue weighted by molar-refractivity contribution is 9.10. The molecule has 1 aromatic carbocycles. The fraction of sp³-hybridized carbons (Fsp3) is 0.286. The lowest BCUT2D eigenvalue weighted by atomic mass is 10.1. The maximum Gasteiger partial charge on any atom is 0.186 e. The van der Waals surface area contributed by atoms with E-state index in [1.54, 1.807) is 12.5 Å². The van der Waals surface area contributed by atoms with E-state index >= 15 is 0 Å². The first-order valence-corrected chi connectivity index (χ1v) is 7.75. The average molecular weight is 355 g/mol. The highest BCUT2D eigenvalue weighted by Gasteiger charge is 2.14. The molecular weight excluding hydrogens is 340 g/mol. The smallest absolute Gasteiger partial charge is 0.186 e. The van der Waals surface area contributed by atoms with Gasteiger partial charge in [0, 0.05) is 11.8 Å². The molecule has 0 saturated heterocycles. The lowest BCUT2D eigenvalue weighted by Gasteiger charge is -2.05. The molecule has 0 fully saturated rings. The molecule has 0 aliphatic carbocycles. The molecule has 0 aliphatic rings. The molecular formula is C14H15BrN2O2S. The Morgan fingerprint density at radius 2 is 2.30 bits per heavy atom. The number of benzene rings is 1. The van der Waals surface area contributed by atoms with Crippen molar-refractivity contribution >= 4 is 33.0 Å². The van der Waals surface area contributed by atoms with Crippen molar-refractivity contribution in [3.05, 3.63) is 44.3 Å². The zero-order chi connectivity index (χ0) is 14.7. The van der Waals surface area contributed by atoms with Crippen molar-refractivity contribution in [2.45, 2.75) is 19.4 Å². The molecule has 6 heteroatoms. The van der Waals surface area contributed by atoms with Crippen LogP contribution >= 0.6 is 27.3 Å². The first-order chi connectivity index (χ1) is 9.51. The highest BCUT2D eigenvalue weighted by atomic mass is 79.9. The summed E-state index contributed by atoms with van der Waals surface area (Å²) < 4.78 is 6.00. The molecule has 2 N–H and O–H groups in total. The Kier molecular flexibility index (Phi) is 4.91. The van der Waals surface area contributed by atoms with Crippen LogP contribution in [0.15, 0.2) is 28.1 Å². The summed E-state index contributed by atoms with van der Waals surface area (Å²) in [6, 6.07) is 5.45. The molecule has 0 spiro atoms. The van der Waals surface area contributed by atoms with Gasteiger partial charge in [-0.15, -0.1) is 11.3 Å². The Morgan fingerprint density at radius 1 is 1.55 bits per heavy atom. The number of aromatic nitrogens is 1. The number of methoxy groups -OCH3 is 1. The lowest BCUT2D eigenvalue weighted by molar-refractivity contribution is 0.0988. The van der Waals surface area contributed by atoms with Gasteiger partial charge in [-0.2, -0.15) is 0 Å². The Balaban J connectivity index is 2.12. The standard InChI is InChI=1S/C14H15BrN2O2S/c1-8(16)14-17-11(7-20-14)12(18)6-9-3-4-13(19-2)10(15)5-9/h3-5,7-8H,6,16H2,1-2H3. The Morgan fingerprint density at radius 3 is 2.85 bits per heavy atom. The van der Waals surface area contributed by atoms with Crippen molar-refractivity contribution in [1.82, 2.24) is 4.98 Å². The van der Waals surface area contributed by atoms with Crippen molar-refractivity contribution < 1.29 is 9.53 Å². The maximum absolute atomic E-state index is 12.2. The summed E-state index contributed by atoms with van der Waals surface area (Å²) in [6.07, 6.45) is 0.310. The van der Waals surface area contributed by atoms with Crippen molar-refractivity contribution in [3.8, 4) is 5.75 Å². The lowest BCUT2D eigenvalue weighted by Crippen LogP contribution is -2.07. The van der Waals surface area contributed by atoms with E-state index in [-0.39, 0.29) is 11.8 Å². The van der Waals surface area contributed by atoms with Crippen molar-refractivity contribution in [3.63, 3.8) is 0 Å². The molecule has 1 atom stereocenters. The van der Waals surface area contributed by atoms with E-state index < -0.39 is 0 Å². The number of hydrogen-bond donors (Lipinski definition) is 1. The van der Waals surface area contributed by atoms with Gasteiger partial charge < -0.3 is 10.5 Å². The Hall–Kier alpha value is -1.24. The highest BCUT2D eigenvalue weighted by Crippen LogP contribution is 2.26. The zero-order valence-electron chi connectivity index (χ0n) is 11.2. The molecule has 0 amide bonds. The van der Waals surface area contributed by atoms with E-state index in [0.29, 0.717) is 12.1 Å². The second-order valence-electron chi connectivity index (χ2n) is 4.43. The number of carbonyl (C=O) groups excluding carboxylic acids is 1. The largest absolute Gasteiger partial charge is 0.496 e. The molecule has 0 radical (unpaired) electrons. The Bertz CT molecular complexity index is 625. The van der Waals surface area contributed by atoms with Gasteiger partial charge in [0.05, 0.1) is 17.6 Å². The van der Waals surface area contributed by atoms with Crippen molar-refractivity contribution in [1.29, 1.82) is 0 Å². The number of hydrogen-bond acceptors (Lipinski definition) is 5. The second-order valence-corrected chi connectivity index (χ2v) is 6.17. The minimum atomic E-state index is -0.142. The molecule has 1 heterocycles. The number of ether oxygens (including phenoxy) is 1. The van der Waals surface area contributed by atoms with Crippen molar-refractivity contribution in [2.24, 2.45) is 5.73 Å². The first kappa shape index (κ1) is 15.2. The topological polar surface area (TPSA) is 65.2 Å². The van der Waals surface area contributed by atoms with Gasteiger partial charge in [-0.1, -0.05) is 6.07 Å². The summed E-state index contributed by atoms with van der Waals surface area (Å²) in [7, 11) is 1.61. The van der Waals surface area contributed by atoms with Gasteiger partial charge in [0.15, 0.2) is 5.78 Å². The number of nitrogens with zero attached hydrogens (tertiary/aromatic N) is 1. The van der Waals surface area contributed by atoms with Crippen LogP contribution in [0.3, 0.4) is 0 Å². The molecule has 1 aromatic heterocycles. The summed E-state index contributed by atoms with van der Waals surface area (Å²) >= 11 is 4.83. The van der Waals surface area contributed by atoms with Crippen LogP contribution in [0.4, 0.5) is 0 Å². The number of Topliss-reactive ketones (excluding diaryl/α,β-unsaturated/α-hetero) is 1. The van der Waals surface area contributed by atoms with E-state index in [9.17, 15) is 4.79 Å². The quantitative estimate of drug-likeness (QED) is 0.836. The predicted molar refractivity (Wildman–Crippen MR) is 83.4 cm³/mol. The summed E-state index contributed by atoms with van der Waals surface area (Å²) in [5.41, 5.74) is 7.14. The van der Waals surface area contributed by atoms with Gasteiger partial charge in [0.1, 0.15) is 16.5 Å². The van der Waals surface area contributed by atoms with Crippen LogP contribution in [-0.4, -0.2) is 17.9 Å². The monoisotopic (exact) mass is 354 g/mol. The molecule has 0 saturated carbocycles. The van der Waals surface area contributed by atoms with Crippen LogP contribution in [0.1, 0.15) is 34.0 Å². The van der Waals surface area contributed by atoms with E-state index in [1.165, 1.54) is 11.3 Å². The number of nitrogens with two attached hydrogens (primary N) is 1. The summed E-state index contributed by atoms with van der Waals surface area (Å²) in [5, 5.41) is 2.55. The van der Waals surface area contributed by atoms with Gasteiger partial charge in [0.25, 0.3) is 0 Å². The fourth-order valence-corrected chi connectivity index (χ4v) is 3.09. The van der Waals surface area contributed by atoms with Gasteiger partial charge in [-0.25, -0.2) is 4.98 Å². The summed E-state index contributed by atoms with van der Waals surface area (Å²) in [5.74, 6) is 0.735. The number of carbonyl (C=O) groups is 1. The third-order valence-corrected chi connectivity index (χ3v) is 4.44. The number of halogens is 1. The summed E-state index contributed by atoms with van der Waals surface area (Å²) in [6.45, 7) is 1.85. The van der Waals surface area contributed by atoms with Crippen LogP contribution in [0.5, 0.6) is 5.75 Å². The van der Waals surface area contributed by atoms with Gasteiger partial charge in [-0.05, 0) is 40.5 Å². The van der Waals surface area contributed by atoms with Gasteiger partial charge in [0.2, 0.25) is 0 Å². The van der Waals surface area contributed by atoms with Gasteiger partial charge in [-0.3, -0.25) is 4.79 Å². The number of ketones is 1. The van der Waals surface area contributed by atoms with Crippen LogP contribution in [0, 0.1) is 0 Å². The van der Waals surface area contributed by atoms with E-state index in [0.717, 1.165) is 20.8 Å². The van der Waals surface area contributed by atoms with E-state index in [2.05, 4.69) is 20.9 Å². The second kappa shape index (κ2) is 6.47. The van der Waals surface area contributed by atoms with E-state index in [1.807, 2.05) is 25.1 Å². The predicted octanol–water partition coefficient (Wildman–Crippen LogP) is 3.36. The molecule has 1 unspecified atom stereocenters. The third-order valence-electron chi connectivity index (χ3n) is 2.78. The van der Waals surface area contributed by atoms with Crippen LogP contribution in [0.25, 0.3) is 0 Å². The first-order valence-electron chi connectivity index (χ1n) is 6.08. The normalized spacial score (nSPS) is 12.2. The SMILES string of the molecule is COc1ccc(CC(=O)c2csc(C(C)N)n2)cc1Br. The fourth-order valence-electron chi connectivity index (χ4n) is 1.72. The molecule has 2 rings (SSSR count). The minimum Gasteiger partial charge on any atom is -0.496 e. The zero-order valence-corrected chi connectivity index (χ0v) is 13.6. The van der Waals surface area contributed by atoms with Crippen LogP contribution in [-0.2, 0) is 6.42 Å². The summed E-state index contributed by atoms with van der Waals surface area (Å²) in [4.78, 5) is 16.4. The van der Waals surface area contributed by atoms with E-state index in [4.69, 9.17) is 10.5 Å². The minimum absolute atomic E-state index is 0.00906. The molecule has 2 aromatic rings. The molecule has 0 bridgehead atoms. The molecule has 4 nitrogen and oxygen atoms in total. The number of thiazole rings is 1. The van der Waals surface area contributed by atoms with Gasteiger partial charge >= 0.3 is 0 Å². The molecule has 106 valence electrons. The Labute approximate surface area is 130 Å². The molecule has 0 aliphatic heterocycles. The third kappa shape index (κ3) is 3.45. The number of rotatable bonds is 5. The molecule has 20 heavy (non-hydrogen) atoms. The van der Waals surface area contributed by atoms with Crippen LogP contribution in [0.2, 0.25) is 0 Å².